The molecule has 0 bridgehead atoms. The van der Waals surface area contributed by atoms with E-state index in [0.717, 1.165) is 12.2 Å². The Morgan fingerprint density at radius 3 is 2.54 bits per heavy atom. The van der Waals surface area contributed by atoms with Crippen LogP contribution in [0.25, 0.3) is 11.1 Å². The highest BCUT2D eigenvalue weighted by Gasteiger charge is 2.24. The third-order valence-corrected chi connectivity index (χ3v) is 4.87. The van der Waals surface area contributed by atoms with Crippen molar-refractivity contribution in [3.8, 4) is 16.9 Å². The minimum Gasteiger partial charge on any atom is -0.497 e. The zero-order valence-electron chi connectivity index (χ0n) is 14.0. The van der Waals surface area contributed by atoms with E-state index in [4.69, 9.17) is 4.74 Å². The number of para-hydroxylation sites is 1. The molecule has 0 spiro atoms. The average molecular weight is 315 g/mol. The number of fused-ring (bicyclic) bond motifs is 3. The summed E-state index contributed by atoms with van der Waals surface area (Å²) >= 11 is 0. The van der Waals surface area contributed by atoms with Crippen molar-refractivity contribution >= 4 is 5.69 Å². The second kappa shape index (κ2) is 6.04. The molecule has 0 aromatic heterocycles. The molecule has 1 N–H and O–H groups in total. The van der Waals surface area contributed by atoms with E-state index in [9.17, 15) is 0 Å². The molecule has 0 radical (unpaired) electrons. The van der Waals surface area contributed by atoms with Gasteiger partial charge in [-0.2, -0.15) is 0 Å². The summed E-state index contributed by atoms with van der Waals surface area (Å²) in [5, 5.41) is 3.72. The van der Waals surface area contributed by atoms with E-state index < -0.39 is 0 Å². The van der Waals surface area contributed by atoms with E-state index >= 15 is 0 Å². The lowest BCUT2D eigenvalue weighted by atomic mass is 9.86. The van der Waals surface area contributed by atoms with Crippen molar-refractivity contribution in [2.75, 3.05) is 12.4 Å². The first kappa shape index (κ1) is 14.8. The van der Waals surface area contributed by atoms with Gasteiger partial charge in [0, 0.05) is 11.3 Å². The highest BCUT2D eigenvalue weighted by Crippen LogP contribution is 2.42. The van der Waals surface area contributed by atoms with Gasteiger partial charge in [-0.3, -0.25) is 0 Å². The summed E-state index contributed by atoms with van der Waals surface area (Å²) in [5.74, 6) is 0.907. The Kier molecular flexibility index (Phi) is 3.73. The largest absolute Gasteiger partial charge is 0.497 e. The Labute approximate surface area is 143 Å². The maximum atomic E-state index is 5.46. The first-order valence-corrected chi connectivity index (χ1v) is 8.34. The van der Waals surface area contributed by atoms with Gasteiger partial charge in [-0.1, -0.05) is 48.5 Å². The molecular formula is C22H21NO. The minimum absolute atomic E-state index is 0.242. The van der Waals surface area contributed by atoms with Crippen LogP contribution in [-0.4, -0.2) is 7.11 Å². The molecule has 120 valence electrons. The molecular weight excluding hydrogens is 294 g/mol. The lowest BCUT2D eigenvalue weighted by Gasteiger charge is -2.30. The second-order valence-electron chi connectivity index (χ2n) is 6.33. The maximum Gasteiger partial charge on any atom is 0.119 e. The number of anilines is 1. The Balaban J connectivity index is 1.81. The maximum absolute atomic E-state index is 5.46. The Morgan fingerprint density at radius 1 is 0.917 bits per heavy atom. The molecule has 3 aromatic rings. The van der Waals surface area contributed by atoms with Crippen LogP contribution in [0.2, 0.25) is 0 Å². The Morgan fingerprint density at radius 2 is 1.71 bits per heavy atom. The van der Waals surface area contributed by atoms with Crippen LogP contribution >= 0.6 is 0 Å². The van der Waals surface area contributed by atoms with Crippen molar-refractivity contribution in [3.05, 3.63) is 83.4 Å². The normalized spacial score (nSPS) is 15.2. The molecule has 2 heteroatoms. The molecule has 4 rings (SSSR count). The van der Waals surface area contributed by atoms with Crippen LogP contribution in [0.15, 0.2) is 66.7 Å². The summed E-state index contributed by atoms with van der Waals surface area (Å²) < 4.78 is 5.46. The van der Waals surface area contributed by atoms with Gasteiger partial charge in [0.15, 0.2) is 0 Å². The fourth-order valence-electron chi connectivity index (χ4n) is 3.53. The van der Waals surface area contributed by atoms with Crippen LogP contribution in [0, 0.1) is 6.92 Å². The van der Waals surface area contributed by atoms with Crippen molar-refractivity contribution in [1.82, 2.24) is 0 Å². The van der Waals surface area contributed by atoms with Crippen LogP contribution in [-0.2, 0) is 6.42 Å². The number of hydrogen-bond acceptors (Lipinski definition) is 2. The molecule has 24 heavy (non-hydrogen) atoms. The average Bonchev–Trinajstić information content (AvgIpc) is 2.63. The van der Waals surface area contributed by atoms with Crippen molar-refractivity contribution in [1.29, 1.82) is 0 Å². The number of aryl methyl sites for hydroxylation is 1. The van der Waals surface area contributed by atoms with Gasteiger partial charge in [-0.25, -0.2) is 0 Å². The molecule has 1 atom stereocenters. The van der Waals surface area contributed by atoms with Crippen LogP contribution in [0.1, 0.15) is 22.7 Å². The van der Waals surface area contributed by atoms with E-state index in [2.05, 4.69) is 72.9 Å². The molecule has 1 unspecified atom stereocenters. The zero-order chi connectivity index (χ0) is 16.5. The van der Waals surface area contributed by atoms with Crippen molar-refractivity contribution < 1.29 is 4.74 Å². The topological polar surface area (TPSA) is 21.3 Å². The third-order valence-electron chi connectivity index (χ3n) is 4.87. The number of hydrogen-bond donors (Lipinski definition) is 1. The SMILES string of the molecule is COc1ccc2c(c1)C(Cc1ccccc1C)Nc1ccccc1-2. The summed E-state index contributed by atoms with van der Waals surface area (Å²) in [6.45, 7) is 2.18. The van der Waals surface area contributed by atoms with Crippen molar-refractivity contribution in [2.24, 2.45) is 0 Å². The summed E-state index contributed by atoms with van der Waals surface area (Å²) in [4.78, 5) is 0. The highest BCUT2D eigenvalue weighted by atomic mass is 16.5. The van der Waals surface area contributed by atoms with Gasteiger partial charge in [-0.15, -0.1) is 0 Å². The number of methoxy groups -OCH3 is 1. The van der Waals surface area contributed by atoms with E-state index in [-0.39, 0.29) is 6.04 Å². The van der Waals surface area contributed by atoms with Gasteiger partial charge in [0.25, 0.3) is 0 Å². The predicted molar refractivity (Wildman–Crippen MR) is 99.7 cm³/mol. The molecule has 0 saturated carbocycles. The van der Waals surface area contributed by atoms with E-state index in [1.54, 1.807) is 7.11 Å². The zero-order valence-corrected chi connectivity index (χ0v) is 14.0. The third kappa shape index (κ3) is 2.54. The fraction of sp³-hybridized carbons (Fsp3) is 0.182. The first-order chi connectivity index (χ1) is 11.8. The highest BCUT2D eigenvalue weighted by molar-refractivity contribution is 5.84. The molecule has 1 heterocycles. The lowest BCUT2D eigenvalue weighted by Crippen LogP contribution is -2.19. The van der Waals surface area contributed by atoms with Gasteiger partial charge in [-0.05, 0) is 53.8 Å². The first-order valence-electron chi connectivity index (χ1n) is 8.34. The van der Waals surface area contributed by atoms with Crippen LogP contribution in [0.3, 0.4) is 0 Å². The van der Waals surface area contributed by atoms with Crippen LogP contribution in [0.5, 0.6) is 5.75 Å². The lowest BCUT2D eigenvalue weighted by molar-refractivity contribution is 0.414. The quantitative estimate of drug-likeness (QED) is 0.700. The van der Waals surface area contributed by atoms with Crippen LogP contribution in [0.4, 0.5) is 5.69 Å². The summed E-state index contributed by atoms with van der Waals surface area (Å²) in [6.07, 6.45) is 0.959. The summed E-state index contributed by atoms with van der Waals surface area (Å²) in [7, 11) is 1.72. The van der Waals surface area contributed by atoms with E-state index in [1.165, 1.54) is 33.5 Å². The Bertz CT molecular complexity index is 885. The van der Waals surface area contributed by atoms with Gasteiger partial charge < -0.3 is 10.1 Å². The summed E-state index contributed by atoms with van der Waals surface area (Å²) in [6, 6.07) is 23.8. The molecule has 0 saturated heterocycles. The van der Waals surface area contributed by atoms with Gasteiger partial charge in [0.2, 0.25) is 0 Å². The standard InChI is InChI=1S/C22H21NO/c1-15-7-3-4-8-16(15)13-22-20-14-17(24-2)11-12-18(20)19-9-5-6-10-21(19)23-22/h3-12,14,22-23H,13H2,1-2H3. The number of benzene rings is 3. The van der Waals surface area contributed by atoms with E-state index in [0.29, 0.717) is 0 Å². The molecule has 0 aliphatic carbocycles. The smallest absolute Gasteiger partial charge is 0.119 e. The van der Waals surface area contributed by atoms with Crippen molar-refractivity contribution in [2.45, 2.75) is 19.4 Å². The predicted octanol–water partition coefficient (Wildman–Crippen LogP) is 5.38. The van der Waals surface area contributed by atoms with Gasteiger partial charge >= 0.3 is 0 Å². The molecule has 2 nitrogen and oxygen atoms in total. The van der Waals surface area contributed by atoms with E-state index in [1.807, 2.05) is 6.07 Å². The summed E-state index contributed by atoms with van der Waals surface area (Å²) in [5.41, 5.74) is 7.77. The monoisotopic (exact) mass is 315 g/mol. The molecule has 1 aliphatic rings. The second-order valence-corrected chi connectivity index (χ2v) is 6.33. The van der Waals surface area contributed by atoms with Gasteiger partial charge in [0.1, 0.15) is 5.75 Å². The molecule has 0 amide bonds. The molecule has 1 aliphatic heterocycles. The van der Waals surface area contributed by atoms with Crippen molar-refractivity contribution in [3.63, 3.8) is 0 Å². The molecule has 3 aromatic carbocycles. The van der Waals surface area contributed by atoms with Crippen LogP contribution < -0.4 is 10.1 Å². The van der Waals surface area contributed by atoms with Gasteiger partial charge in [0.05, 0.1) is 13.2 Å². The fourth-order valence-corrected chi connectivity index (χ4v) is 3.53. The number of rotatable bonds is 3. The number of nitrogens with one attached hydrogen (secondary N) is 1. The minimum atomic E-state index is 0.242. The Hall–Kier alpha value is -2.74. The number of ether oxygens (including phenoxy) is 1. The molecule has 0 fully saturated rings.